The molecular weight excluding hydrogens is 288 g/mol. The first-order valence-corrected chi connectivity index (χ1v) is 5.34. The van der Waals surface area contributed by atoms with E-state index in [1.165, 1.54) is 0 Å². The maximum absolute atomic E-state index is 12.0. The first-order valence-electron chi connectivity index (χ1n) is 5.34. The predicted molar refractivity (Wildman–Crippen MR) is 63.4 cm³/mol. The van der Waals surface area contributed by atoms with E-state index in [2.05, 4.69) is 23.5 Å². The van der Waals surface area contributed by atoms with Crippen LogP contribution in [0.5, 0.6) is 0 Å². The van der Waals surface area contributed by atoms with Gasteiger partial charge in [0.1, 0.15) is 0 Å². The highest BCUT2D eigenvalue weighted by Gasteiger charge is 2.06. The number of rotatable bonds is 0. The van der Waals surface area contributed by atoms with Crippen LogP contribution in [-0.2, 0) is 0 Å². The zero-order valence-electron chi connectivity index (χ0n) is 9.96. The van der Waals surface area contributed by atoms with Crippen LogP contribution in [0.2, 0.25) is 0 Å². The Kier molecular flexibility index (Phi) is 2.72. The molecule has 21 heavy (non-hydrogen) atoms. The molecule has 0 aliphatic heterocycles. The van der Waals surface area contributed by atoms with Gasteiger partial charge in [0.25, 0.3) is 0 Å². The summed E-state index contributed by atoms with van der Waals surface area (Å²) in [6.07, 6.45) is 4.44. The van der Waals surface area contributed by atoms with Crippen LogP contribution < -0.4 is 22.4 Å². The van der Waals surface area contributed by atoms with Crippen molar-refractivity contribution in [1.82, 2.24) is 18.8 Å². The van der Waals surface area contributed by atoms with Crippen LogP contribution >= 0.6 is 0 Å². The van der Waals surface area contributed by atoms with Crippen LogP contribution in [0.3, 0.4) is 0 Å². The monoisotopic (exact) mass is 292 g/mol. The molecule has 0 spiro atoms. The fourth-order valence-electron chi connectivity index (χ4n) is 1.47. The van der Waals surface area contributed by atoms with Gasteiger partial charge in [0.2, 0.25) is 0 Å². The molecule has 0 unspecified atom stereocenters. The highest BCUT2D eigenvalue weighted by molar-refractivity contribution is 5.21. The molecule has 0 atom stereocenters. The van der Waals surface area contributed by atoms with Gasteiger partial charge < -0.3 is 4.42 Å². The largest absolute Gasteiger partial charge is 0.463 e. The number of aromatic nitrogens is 4. The van der Waals surface area contributed by atoms with Gasteiger partial charge in [0.15, 0.2) is 0 Å². The molecule has 3 rings (SSSR count). The Morgan fingerprint density at radius 2 is 1.33 bits per heavy atom. The van der Waals surface area contributed by atoms with Crippen LogP contribution in [0.4, 0.5) is 0 Å². The zero-order chi connectivity index (χ0) is 15.0. The standard InChI is InChI=1S/C10H4N4O7/c15-5-6(16)14-4-2-12-10(14)21-20-8(18)7(17)19-9-11-1-3-13(5)9/h1-4H. The Morgan fingerprint density at radius 1 is 0.762 bits per heavy atom. The highest BCUT2D eigenvalue weighted by Crippen LogP contribution is 1.90. The summed E-state index contributed by atoms with van der Waals surface area (Å²) >= 11 is 0. The first-order chi connectivity index (χ1) is 10.1. The number of nitrogens with zero attached hydrogens (tertiary/aromatic N) is 4. The molecule has 0 aromatic carbocycles. The van der Waals surface area contributed by atoms with Crippen molar-refractivity contribution in [3.05, 3.63) is 66.3 Å². The summed E-state index contributed by atoms with van der Waals surface area (Å²) < 4.78 is 14.5. The maximum Gasteiger partial charge on any atom is 0.463 e. The molecule has 0 aliphatic rings. The Balaban J connectivity index is 2.77. The van der Waals surface area contributed by atoms with E-state index in [4.69, 9.17) is 0 Å². The van der Waals surface area contributed by atoms with Crippen molar-refractivity contribution in [1.29, 1.82) is 0 Å². The molecule has 11 heteroatoms. The van der Waals surface area contributed by atoms with Gasteiger partial charge >= 0.3 is 34.1 Å². The lowest BCUT2D eigenvalue weighted by Crippen LogP contribution is -2.32. The van der Waals surface area contributed by atoms with Gasteiger partial charge in [-0.15, -0.1) is 0 Å². The molecule has 3 aromatic heterocycles. The van der Waals surface area contributed by atoms with Crippen LogP contribution in [0.1, 0.15) is 0 Å². The van der Waals surface area contributed by atoms with Crippen molar-refractivity contribution in [3.8, 4) is 0 Å². The van der Waals surface area contributed by atoms with Gasteiger partial charge in [-0.2, -0.15) is 4.98 Å². The summed E-state index contributed by atoms with van der Waals surface area (Å²) in [5.74, 6) is -1.06. The van der Waals surface area contributed by atoms with Crippen LogP contribution in [-0.4, -0.2) is 18.8 Å². The third kappa shape index (κ3) is 2.01. The summed E-state index contributed by atoms with van der Waals surface area (Å²) in [6.45, 7) is 0. The van der Waals surface area contributed by atoms with E-state index in [0.29, 0.717) is 8.80 Å². The van der Waals surface area contributed by atoms with E-state index in [1.54, 1.807) is 0 Å². The number of imidazole rings is 2. The third-order valence-electron chi connectivity index (χ3n) is 2.38. The van der Waals surface area contributed by atoms with E-state index in [9.17, 15) is 19.2 Å². The number of hydrogen-bond donors (Lipinski definition) is 0. The fraction of sp³-hybridized carbons (Fsp3) is 0. The van der Waals surface area contributed by atoms with Crippen LogP contribution in [0, 0.1) is 0 Å². The van der Waals surface area contributed by atoms with Gasteiger partial charge in [-0.3, -0.25) is 9.59 Å². The summed E-state index contributed by atoms with van der Waals surface area (Å²) in [6, 6.07) is 0. The van der Waals surface area contributed by atoms with E-state index in [0.717, 1.165) is 24.8 Å². The quantitative estimate of drug-likeness (QED) is 0.350. The molecular formula is C10H4N4O7. The van der Waals surface area contributed by atoms with Crippen molar-refractivity contribution < 1.29 is 13.6 Å². The minimum absolute atomic E-state index is 0.502. The molecule has 3 heterocycles. The normalized spacial score (nSPS) is 10.7. The Bertz CT molecular complexity index is 1130. The number of hydrogen-bond acceptors (Lipinski definition) is 9. The first kappa shape index (κ1) is 12.5. The molecule has 0 saturated heterocycles. The molecule has 3 aromatic rings. The minimum atomic E-state index is -1.51. The molecule has 0 fully saturated rings. The smallest absolute Gasteiger partial charge is 0.383 e. The van der Waals surface area contributed by atoms with Crippen molar-refractivity contribution >= 4 is 11.7 Å². The van der Waals surface area contributed by atoms with Crippen molar-refractivity contribution in [2.24, 2.45) is 0 Å². The average Bonchev–Trinajstić information content (AvgIpc) is 3.10. The molecule has 0 amide bonds. The SMILES string of the molecule is O=c1ooc2nccn2c(=O)c(=O)n2ccnc2oc1=O. The summed E-state index contributed by atoms with van der Waals surface area (Å²) in [5, 5.41) is 0. The van der Waals surface area contributed by atoms with E-state index >= 15 is 0 Å². The fourth-order valence-corrected chi connectivity index (χ4v) is 1.47. The Morgan fingerprint density at radius 3 is 2.00 bits per heavy atom. The summed E-state index contributed by atoms with van der Waals surface area (Å²) in [7, 11) is 0. The molecule has 0 saturated carbocycles. The summed E-state index contributed by atoms with van der Waals surface area (Å²) in [4.78, 5) is 53.8. The van der Waals surface area contributed by atoms with Crippen molar-refractivity contribution in [3.63, 3.8) is 0 Å². The van der Waals surface area contributed by atoms with Gasteiger partial charge in [0.05, 0.1) is 0 Å². The molecule has 106 valence electrons. The second kappa shape index (κ2) is 4.56. The lowest BCUT2D eigenvalue weighted by molar-refractivity contribution is 0.0433. The molecule has 0 aliphatic carbocycles. The van der Waals surface area contributed by atoms with Crippen LogP contribution in [0.25, 0.3) is 11.7 Å². The molecule has 0 N–H and O–H groups in total. The van der Waals surface area contributed by atoms with Gasteiger partial charge in [-0.05, 0) is 0 Å². The second-order valence-corrected chi connectivity index (χ2v) is 3.61. The zero-order valence-corrected chi connectivity index (χ0v) is 9.96. The Hall–Kier alpha value is -3.50. The highest BCUT2D eigenvalue weighted by atomic mass is 17.0. The van der Waals surface area contributed by atoms with Gasteiger partial charge in [-0.1, -0.05) is 0 Å². The third-order valence-corrected chi connectivity index (χ3v) is 2.38. The average molecular weight is 292 g/mol. The van der Waals surface area contributed by atoms with Gasteiger partial charge in [-0.25, -0.2) is 32.5 Å². The molecule has 11 nitrogen and oxygen atoms in total. The molecule has 0 bridgehead atoms. The number of fused-ring (bicyclic) bond motifs is 2. The van der Waals surface area contributed by atoms with E-state index < -0.39 is 34.1 Å². The van der Waals surface area contributed by atoms with Crippen molar-refractivity contribution in [2.45, 2.75) is 0 Å². The van der Waals surface area contributed by atoms with Crippen LogP contribution in [0.15, 0.2) is 57.5 Å². The molecule has 0 radical (unpaired) electrons. The summed E-state index contributed by atoms with van der Waals surface area (Å²) in [5.41, 5.74) is -5.19. The topological polar surface area (TPSA) is 142 Å². The van der Waals surface area contributed by atoms with Crippen molar-refractivity contribution in [2.75, 3.05) is 0 Å². The lowest BCUT2D eigenvalue weighted by atomic mass is 10.7. The Labute approximate surface area is 111 Å². The minimum Gasteiger partial charge on any atom is -0.383 e. The van der Waals surface area contributed by atoms with E-state index in [-0.39, 0.29) is 0 Å². The predicted octanol–water partition coefficient (Wildman–Crippen LogP) is -1.67. The lowest BCUT2D eigenvalue weighted by Gasteiger charge is -1.82. The maximum atomic E-state index is 12.0. The van der Waals surface area contributed by atoms with E-state index in [1.807, 2.05) is 0 Å². The second-order valence-electron chi connectivity index (χ2n) is 3.61. The van der Waals surface area contributed by atoms with Gasteiger partial charge in [0, 0.05) is 24.8 Å².